The van der Waals surface area contributed by atoms with E-state index in [1.165, 1.54) is 25.5 Å². The number of phenolic OH excluding ortho intramolecular Hbond substituents is 1. The van der Waals surface area contributed by atoms with Gasteiger partial charge in [0, 0.05) is 0 Å². The molecular formula is C13H13ClN6O5. The number of nitrogens with one attached hydrogen (secondary N) is 4. The molecule has 0 aliphatic carbocycles. The standard InChI is InChI=1S/C13H13ClN6O5/c1-25-8-3-6(2-7(14)10(8)22)4-16-18-9(21)5-15-11-12(23)17-13(24)20-19-11/h2-4,22H,5H2,1H3,(H,15,19)(H,18,21)(H2,17,20,23,24)/b16-4+. The molecule has 0 aliphatic rings. The number of carbonyl (C=O) groups is 1. The number of H-pyrrole nitrogens is 2. The Hall–Kier alpha value is -3.34. The summed E-state index contributed by atoms with van der Waals surface area (Å²) in [6.45, 7) is -0.306. The molecule has 0 unspecified atom stereocenters. The Balaban J connectivity index is 1.93. The third-order valence-electron chi connectivity index (χ3n) is 2.80. The van der Waals surface area contributed by atoms with Gasteiger partial charge in [-0.15, -0.1) is 5.10 Å². The average molecular weight is 369 g/mol. The van der Waals surface area contributed by atoms with Crippen LogP contribution in [0.4, 0.5) is 5.82 Å². The lowest BCUT2D eigenvalue weighted by Crippen LogP contribution is -2.31. The zero-order valence-electron chi connectivity index (χ0n) is 12.8. The molecule has 0 fully saturated rings. The number of benzene rings is 1. The highest BCUT2D eigenvalue weighted by atomic mass is 35.5. The van der Waals surface area contributed by atoms with Crippen LogP contribution < -0.4 is 26.7 Å². The molecule has 0 atom stereocenters. The number of ether oxygens (including phenoxy) is 1. The quantitative estimate of drug-likeness (QED) is 0.335. The fourth-order valence-corrected chi connectivity index (χ4v) is 1.89. The van der Waals surface area contributed by atoms with Gasteiger partial charge in [-0.05, 0) is 17.7 Å². The van der Waals surface area contributed by atoms with Crippen LogP contribution in [0.3, 0.4) is 0 Å². The van der Waals surface area contributed by atoms with Crippen LogP contribution in [-0.4, -0.2) is 46.1 Å². The van der Waals surface area contributed by atoms with Crippen LogP contribution in [0.25, 0.3) is 0 Å². The molecule has 0 radical (unpaired) electrons. The van der Waals surface area contributed by atoms with Crippen molar-refractivity contribution >= 4 is 29.5 Å². The number of aromatic amines is 2. The fraction of sp³-hybridized carbons (Fsp3) is 0.154. The van der Waals surface area contributed by atoms with Crippen LogP contribution in [0.2, 0.25) is 5.02 Å². The van der Waals surface area contributed by atoms with Gasteiger partial charge in [-0.25, -0.2) is 15.3 Å². The Bertz CT molecular complexity index is 922. The van der Waals surface area contributed by atoms with E-state index < -0.39 is 17.2 Å². The first-order chi connectivity index (χ1) is 11.9. The molecule has 132 valence electrons. The number of carbonyl (C=O) groups excluding carboxylic acids is 1. The second-order valence-corrected chi connectivity index (χ2v) is 4.96. The molecule has 1 amide bonds. The molecule has 1 heterocycles. The number of aromatic nitrogens is 3. The Morgan fingerprint density at radius 3 is 2.92 bits per heavy atom. The van der Waals surface area contributed by atoms with Crippen molar-refractivity contribution in [2.45, 2.75) is 0 Å². The van der Waals surface area contributed by atoms with Gasteiger partial charge in [-0.1, -0.05) is 11.6 Å². The zero-order chi connectivity index (χ0) is 18.4. The first kappa shape index (κ1) is 18.0. The first-order valence-electron chi connectivity index (χ1n) is 6.72. The Kier molecular flexibility index (Phi) is 5.74. The molecule has 0 bridgehead atoms. The van der Waals surface area contributed by atoms with Gasteiger partial charge in [0.1, 0.15) is 0 Å². The number of phenols is 1. The van der Waals surface area contributed by atoms with Crippen LogP contribution in [-0.2, 0) is 4.79 Å². The van der Waals surface area contributed by atoms with Crippen molar-refractivity contribution in [1.82, 2.24) is 20.6 Å². The van der Waals surface area contributed by atoms with E-state index >= 15 is 0 Å². The van der Waals surface area contributed by atoms with Crippen LogP contribution in [0.1, 0.15) is 5.56 Å². The maximum atomic E-state index is 11.6. The minimum Gasteiger partial charge on any atom is -0.503 e. The van der Waals surface area contributed by atoms with Gasteiger partial charge >= 0.3 is 5.69 Å². The van der Waals surface area contributed by atoms with E-state index in [0.717, 1.165) is 0 Å². The van der Waals surface area contributed by atoms with E-state index in [9.17, 15) is 19.5 Å². The molecule has 1 aromatic carbocycles. The number of hydrazone groups is 1. The number of hydrogen-bond acceptors (Lipinski definition) is 8. The maximum absolute atomic E-state index is 11.6. The van der Waals surface area contributed by atoms with Gasteiger partial charge in [0.25, 0.3) is 11.5 Å². The monoisotopic (exact) mass is 368 g/mol. The molecule has 1 aromatic heterocycles. The second-order valence-electron chi connectivity index (χ2n) is 4.56. The van der Waals surface area contributed by atoms with Gasteiger partial charge in [0.15, 0.2) is 11.5 Å². The number of methoxy groups -OCH3 is 1. The van der Waals surface area contributed by atoms with E-state index in [0.29, 0.717) is 5.56 Å². The van der Waals surface area contributed by atoms with Gasteiger partial charge < -0.3 is 15.2 Å². The summed E-state index contributed by atoms with van der Waals surface area (Å²) in [5.74, 6) is -0.826. The third kappa shape index (κ3) is 4.81. The fourth-order valence-electron chi connectivity index (χ4n) is 1.67. The zero-order valence-corrected chi connectivity index (χ0v) is 13.5. The van der Waals surface area contributed by atoms with E-state index in [2.05, 4.69) is 20.9 Å². The predicted molar refractivity (Wildman–Crippen MR) is 89.4 cm³/mol. The molecule has 5 N–H and O–H groups in total. The van der Waals surface area contributed by atoms with E-state index in [-0.39, 0.29) is 28.9 Å². The van der Waals surface area contributed by atoms with Gasteiger partial charge in [-0.3, -0.25) is 14.6 Å². The SMILES string of the molecule is COc1cc(/C=N/NC(=O)CNc2n[nH]c(=O)[nH]c2=O)cc(Cl)c1O. The number of anilines is 1. The summed E-state index contributed by atoms with van der Waals surface area (Å²) in [5, 5.41) is 21.3. The van der Waals surface area contributed by atoms with E-state index in [1.807, 2.05) is 10.1 Å². The number of halogens is 1. The molecule has 0 aliphatic heterocycles. The molecule has 12 heteroatoms. The Morgan fingerprint density at radius 2 is 2.24 bits per heavy atom. The van der Waals surface area contributed by atoms with Gasteiger partial charge in [-0.2, -0.15) is 5.10 Å². The molecule has 2 rings (SSSR count). The Labute approximate surface area is 144 Å². The highest BCUT2D eigenvalue weighted by Gasteiger charge is 2.08. The number of rotatable bonds is 6. The lowest BCUT2D eigenvalue weighted by molar-refractivity contribution is -0.119. The van der Waals surface area contributed by atoms with Gasteiger partial charge in [0.05, 0.1) is 24.9 Å². The van der Waals surface area contributed by atoms with Crippen LogP contribution in [0.15, 0.2) is 26.8 Å². The normalized spacial score (nSPS) is 10.6. The van der Waals surface area contributed by atoms with Crippen LogP contribution in [0.5, 0.6) is 11.5 Å². The minimum atomic E-state index is -0.758. The number of hydrogen-bond donors (Lipinski definition) is 5. The molecule has 0 spiro atoms. The summed E-state index contributed by atoms with van der Waals surface area (Å²) < 4.78 is 4.94. The van der Waals surface area contributed by atoms with Crippen molar-refractivity contribution in [2.24, 2.45) is 5.10 Å². The van der Waals surface area contributed by atoms with Gasteiger partial charge in [0.2, 0.25) is 5.82 Å². The second kappa shape index (κ2) is 7.97. The van der Waals surface area contributed by atoms with Crippen molar-refractivity contribution in [3.8, 4) is 11.5 Å². The summed E-state index contributed by atoms with van der Waals surface area (Å²) in [6.07, 6.45) is 1.29. The number of nitrogens with zero attached hydrogens (tertiary/aromatic N) is 2. The molecule has 11 nitrogen and oxygen atoms in total. The smallest absolute Gasteiger partial charge is 0.342 e. The third-order valence-corrected chi connectivity index (χ3v) is 3.09. The summed E-state index contributed by atoms with van der Waals surface area (Å²) in [5.41, 5.74) is 1.18. The highest BCUT2D eigenvalue weighted by molar-refractivity contribution is 6.32. The molecule has 2 aromatic rings. The van der Waals surface area contributed by atoms with Crippen molar-refractivity contribution < 1.29 is 14.6 Å². The van der Waals surface area contributed by atoms with Crippen molar-refractivity contribution in [3.63, 3.8) is 0 Å². The average Bonchev–Trinajstić information content (AvgIpc) is 2.57. The topological polar surface area (TPSA) is 162 Å². The number of amides is 1. The highest BCUT2D eigenvalue weighted by Crippen LogP contribution is 2.34. The van der Waals surface area contributed by atoms with Crippen LogP contribution >= 0.6 is 11.6 Å². The number of aromatic hydroxyl groups is 1. The van der Waals surface area contributed by atoms with E-state index in [4.69, 9.17) is 16.3 Å². The summed E-state index contributed by atoms with van der Waals surface area (Å²) >= 11 is 5.83. The lowest BCUT2D eigenvalue weighted by Gasteiger charge is -2.06. The first-order valence-corrected chi connectivity index (χ1v) is 7.09. The predicted octanol–water partition coefficient (Wildman–Crippen LogP) is -0.612. The summed E-state index contributed by atoms with van der Waals surface area (Å²) in [4.78, 5) is 35.8. The molecule has 0 saturated carbocycles. The van der Waals surface area contributed by atoms with E-state index in [1.54, 1.807) is 0 Å². The van der Waals surface area contributed by atoms with Crippen molar-refractivity contribution in [2.75, 3.05) is 19.0 Å². The summed E-state index contributed by atoms with van der Waals surface area (Å²) in [7, 11) is 1.37. The molecule has 25 heavy (non-hydrogen) atoms. The molecule has 0 saturated heterocycles. The van der Waals surface area contributed by atoms with Crippen LogP contribution in [0, 0.1) is 0 Å². The summed E-state index contributed by atoms with van der Waals surface area (Å²) in [6, 6.07) is 2.90. The largest absolute Gasteiger partial charge is 0.503 e. The Morgan fingerprint density at radius 1 is 1.48 bits per heavy atom. The van der Waals surface area contributed by atoms with Crippen molar-refractivity contribution in [1.29, 1.82) is 0 Å². The molecular weight excluding hydrogens is 356 g/mol. The lowest BCUT2D eigenvalue weighted by atomic mass is 10.2. The maximum Gasteiger partial charge on any atom is 0.342 e. The van der Waals surface area contributed by atoms with Crippen molar-refractivity contribution in [3.05, 3.63) is 43.6 Å². The minimum absolute atomic E-state index is 0.0668.